The lowest BCUT2D eigenvalue weighted by Crippen LogP contribution is -2.54. The van der Waals surface area contributed by atoms with Crippen LogP contribution < -0.4 is 11.1 Å². The fraction of sp³-hybridized carbons (Fsp3) is 0.269. The lowest BCUT2D eigenvalue weighted by molar-refractivity contribution is -0.140. The average molecular weight is 517 g/mol. The van der Waals surface area contributed by atoms with E-state index in [0.29, 0.717) is 10.8 Å². The fourth-order valence-corrected chi connectivity index (χ4v) is 4.96. The molecule has 1 heterocycles. The number of hydrogen-bond donors (Lipinski definition) is 3. The van der Waals surface area contributed by atoms with E-state index < -0.39 is 35.2 Å². The van der Waals surface area contributed by atoms with Crippen LogP contribution in [0.5, 0.6) is 0 Å². The standard InChI is InChI=1S/C26H26ClFN2O4S/c1-26(2,14-15-3-9-18(28)10-4-15)30-20(24(29)32)13-19(25(33)34)23(31)17-7-5-16(6-8-17)21-11-12-22(27)35-21/h3-12,19-20,30H,13-14H2,1-2H3,(H2,29,32)(H,33,34)/t19?,20-/m1/s1. The molecule has 184 valence electrons. The molecular formula is C26H26ClFN2O4S. The van der Waals surface area contributed by atoms with Crippen molar-refractivity contribution in [1.29, 1.82) is 0 Å². The second kappa shape index (κ2) is 11.1. The third kappa shape index (κ3) is 7.21. The van der Waals surface area contributed by atoms with Gasteiger partial charge < -0.3 is 16.2 Å². The van der Waals surface area contributed by atoms with Gasteiger partial charge >= 0.3 is 5.97 Å². The van der Waals surface area contributed by atoms with Crippen molar-refractivity contribution in [3.05, 3.63) is 81.9 Å². The molecule has 6 nitrogen and oxygen atoms in total. The minimum absolute atomic E-state index is 0.220. The highest BCUT2D eigenvalue weighted by Crippen LogP contribution is 2.31. The molecule has 0 aliphatic heterocycles. The first-order valence-corrected chi connectivity index (χ1v) is 12.1. The zero-order valence-electron chi connectivity index (χ0n) is 19.3. The summed E-state index contributed by atoms with van der Waals surface area (Å²) in [5.74, 6) is -4.54. The van der Waals surface area contributed by atoms with Gasteiger partial charge in [-0.3, -0.25) is 14.4 Å². The van der Waals surface area contributed by atoms with Gasteiger partial charge in [0.25, 0.3) is 0 Å². The van der Waals surface area contributed by atoms with Gasteiger partial charge in [0.2, 0.25) is 5.91 Å². The number of primary amides is 1. The summed E-state index contributed by atoms with van der Waals surface area (Å²) in [5, 5.41) is 12.9. The first kappa shape index (κ1) is 26.5. The fourth-order valence-electron chi connectivity index (χ4n) is 3.91. The predicted molar refractivity (Wildman–Crippen MR) is 135 cm³/mol. The highest BCUT2D eigenvalue weighted by atomic mass is 35.5. The normalized spacial score (nSPS) is 13.3. The Morgan fingerprint density at radius 1 is 1.06 bits per heavy atom. The Morgan fingerprint density at radius 3 is 2.20 bits per heavy atom. The van der Waals surface area contributed by atoms with Gasteiger partial charge in [-0.15, -0.1) is 11.3 Å². The maximum absolute atomic E-state index is 13.2. The largest absolute Gasteiger partial charge is 0.481 e. The molecule has 1 amide bonds. The number of nitrogens with one attached hydrogen (secondary N) is 1. The zero-order chi connectivity index (χ0) is 25.8. The molecule has 1 aromatic heterocycles. The monoisotopic (exact) mass is 516 g/mol. The Balaban J connectivity index is 1.74. The number of nitrogens with two attached hydrogens (primary N) is 1. The molecule has 0 fully saturated rings. The average Bonchev–Trinajstić information content (AvgIpc) is 3.23. The molecule has 0 spiro atoms. The second-order valence-corrected chi connectivity index (χ2v) is 10.7. The molecule has 2 aromatic carbocycles. The number of carboxylic acid groups (broad SMARTS) is 1. The van der Waals surface area contributed by atoms with Crippen LogP contribution >= 0.6 is 22.9 Å². The van der Waals surface area contributed by atoms with Crippen LogP contribution in [0, 0.1) is 11.7 Å². The molecule has 4 N–H and O–H groups in total. The number of rotatable bonds is 11. The van der Waals surface area contributed by atoms with Crippen LogP contribution in [0.25, 0.3) is 10.4 Å². The summed E-state index contributed by atoms with van der Waals surface area (Å²) in [6.07, 6.45) is 0.121. The SMILES string of the molecule is CC(C)(Cc1ccc(F)cc1)N[C@H](CC(C(=O)O)C(=O)c1ccc(-c2ccc(Cl)s2)cc1)C(N)=O. The quantitative estimate of drug-likeness (QED) is 0.247. The first-order valence-electron chi connectivity index (χ1n) is 10.9. The second-order valence-electron chi connectivity index (χ2n) is 8.96. The van der Waals surface area contributed by atoms with E-state index in [1.54, 1.807) is 42.5 Å². The number of amides is 1. The van der Waals surface area contributed by atoms with Crippen molar-refractivity contribution in [2.75, 3.05) is 0 Å². The first-order chi connectivity index (χ1) is 16.4. The molecule has 3 aromatic rings. The molecule has 0 bridgehead atoms. The van der Waals surface area contributed by atoms with Crippen LogP contribution in [0.4, 0.5) is 4.39 Å². The molecule has 9 heteroatoms. The highest BCUT2D eigenvalue weighted by molar-refractivity contribution is 7.19. The third-order valence-corrected chi connectivity index (χ3v) is 6.86. The van der Waals surface area contributed by atoms with E-state index in [0.717, 1.165) is 16.0 Å². The Morgan fingerprint density at radius 2 is 1.69 bits per heavy atom. The third-order valence-electron chi connectivity index (χ3n) is 5.58. The van der Waals surface area contributed by atoms with E-state index in [9.17, 15) is 23.9 Å². The minimum atomic E-state index is -1.47. The van der Waals surface area contributed by atoms with Crippen LogP contribution in [0.2, 0.25) is 4.34 Å². The van der Waals surface area contributed by atoms with Crippen molar-refractivity contribution < 1.29 is 23.9 Å². The number of carbonyl (C=O) groups excluding carboxylic acids is 2. The topological polar surface area (TPSA) is 109 Å². The maximum atomic E-state index is 13.2. The van der Waals surface area contributed by atoms with Gasteiger partial charge in [0, 0.05) is 16.0 Å². The van der Waals surface area contributed by atoms with Crippen molar-refractivity contribution in [1.82, 2.24) is 5.32 Å². The van der Waals surface area contributed by atoms with Crippen molar-refractivity contribution in [3.63, 3.8) is 0 Å². The summed E-state index contributed by atoms with van der Waals surface area (Å²) in [4.78, 5) is 38.2. The summed E-state index contributed by atoms with van der Waals surface area (Å²) >= 11 is 7.37. The smallest absolute Gasteiger partial charge is 0.314 e. The number of carbonyl (C=O) groups is 3. The van der Waals surface area contributed by atoms with Crippen molar-refractivity contribution in [2.45, 2.75) is 38.3 Å². The molecule has 1 unspecified atom stereocenters. The number of ketones is 1. The van der Waals surface area contributed by atoms with E-state index in [1.165, 1.54) is 23.5 Å². The van der Waals surface area contributed by atoms with E-state index in [1.807, 2.05) is 19.9 Å². The Kier molecular flexibility index (Phi) is 8.43. The number of aliphatic carboxylic acids is 1. The molecular weight excluding hydrogens is 491 g/mol. The molecule has 0 saturated heterocycles. The number of halogens is 2. The van der Waals surface area contributed by atoms with E-state index in [4.69, 9.17) is 17.3 Å². The number of Topliss-reactive ketones (excluding diaryl/α,β-unsaturated/α-hetero) is 1. The van der Waals surface area contributed by atoms with Crippen LogP contribution in [0.15, 0.2) is 60.7 Å². The summed E-state index contributed by atoms with van der Waals surface area (Å²) in [6.45, 7) is 3.64. The van der Waals surface area contributed by atoms with Crippen molar-refractivity contribution in [3.8, 4) is 10.4 Å². The van der Waals surface area contributed by atoms with Gasteiger partial charge in [0.1, 0.15) is 11.7 Å². The molecule has 35 heavy (non-hydrogen) atoms. The predicted octanol–water partition coefficient (Wildman–Crippen LogP) is 4.95. The highest BCUT2D eigenvalue weighted by Gasteiger charge is 2.35. The summed E-state index contributed by atoms with van der Waals surface area (Å²) in [6, 6.07) is 15.1. The van der Waals surface area contributed by atoms with Gasteiger partial charge in [-0.05, 0) is 62.1 Å². The summed E-state index contributed by atoms with van der Waals surface area (Å²) in [5.41, 5.74) is 6.77. The Bertz CT molecular complexity index is 1210. The van der Waals surface area contributed by atoms with Gasteiger partial charge in [-0.2, -0.15) is 0 Å². The number of carboxylic acids is 1. The molecule has 0 radical (unpaired) electrons. The van der Waals surface area contributed by atoms with Gasteiger partial charge in [-0.25, -0.2) is 4.39 Å². The summed E-state index contributed by atoms with van der Waals surface area (Å²) in [7, 11) is 0. The van der Waals surface area contributed by atoms with E-state index in [2.05, 4.69) is 5.32 Å². The Hall–Kier alpha value is -3.07. The number of thiophene rings is 1. The minimum Gasteiger partial charge on any atom is -0.481 e. The lowest BCUT2D eigenvalue weighted by atomic mass is 9.88. The van der Waals surface area contributed by atoms with Crippen LogP contribution in [0.3, 0.4) is 0 Å². The molecule has 0 aliphatic rings. The maximum Gasteiger partial charge on any atom is 0.314 e. The molecule has 0 aliphatic carbocycles. The van der Waals surface area contributed by atoms with Gasteiger partial charge in [0.05, 0.1) is 10.4 Å². The van der Waals surface area contributed by atoms with E-state index in [-0.39, 0.29) is 17.8 Å². The van der Waals surface area contributed by atoms with Gasteiger partial charge in [-0.1, -0.05) is 48.0 Å². The molecule has 3 rings (SSSR count). The molecule has 2 atom stereocenters. The van der Waals surface area contributed by atoms with Crippen LogP contribution in [0.1, 0.15) is 36.2 Å². The van der Waals surface area contributed by atoms with E-state index >= 15 is 0 Å². The van der Waals surface area contributed by atoms with Crippen LogP contribution in [-0.4, -0.2) is 34.3 Å². The van der Waals surface area contributed by atoms with Crippen molar-refractivity contribution in [2.24, 2.45) is 11.7 Å². The lowest BCUT2D eigenvalue weighted by Gasteiger charge is -2.31. The van der Waals surface area contributed by atoms with Crippen molar-refractivity contribution >= 4 is 40.6 Å². The molecule has 0 saturated carbocycles. The van der Waals surface area contributed by atoms with Crippen LogP contribution in [-0.2, 0) is 16.0 Å². The number of hydrogen-bond acceptors (Lipinski definition) is 5. The summed E-state index contributed by atoms with van der Waals surface area (Å²) < 4.78 is 13.8. The zero-order valence-corrected chi connectivity index (χ0v) is 20.8. The number of benzene rings is 2. The van der Waals surface area contributed by atoms with Gasteiger partial charge in [0.15, 0.2) is 5.78 Å². The Labute approximate surface area is 211 Å².